The van der Waals surface area contributed by atoms with Crippen LogP contribution in [0.25, 0.3) is 0 Å². The van der Waals surface area contributed by atoms with E-state index in [2.05, 4.69) is 10.4 Å². The first kappa shape index (κ1) is 14.2. The number of nitrogens with one attached hydrogen (secondary N) is 1. The van der Waals surface area contributed by atoms with Crippen molar-refractivity contribution < 1.29 is 14.4 Å². The number of fused-ring (bicyclic) bond motifs is 2. The first-order chi connectivity index (χ1) is 11.0. The summed E-state index contributed by atoms with van der Waals surface area (Å²) in [6.07, 6.45) is 0.929. The molecule has 2 fully saturated rings. The van der Waals surface area contributed by atoms with Gasteiger partial charge in [-0.25, -0.2) is 0 Å². The van der Waals surface area contributed by atoms with E-state index >= 15 is 0 Å². The highest BCUT2D eigenvalue weighted by Crippen LogP contribution is 2.32. The molecule has 0 unspecified atom stereocenters. The van der Waals surface area contributed by atoms with E-state index in [1.54, 1.807) is 20.5 Å². The zero-order valence-corrected chi connectivity index (χ0v) is 13.0. The molecule has 0 bridgehead atoms. The van der Waals surface area contributed by atoms with Crippen LogP contribution in [0.3, 0.4) is 0 Å². The van der Waals surface area contributed by atoms with Crippen molar-refractivity contribution in [2.75, 3.05) is 33.2 Å². The molecule has 2 atom stereocenters. The first-order valence-corrected chi connectivity index (χ1v) is 7.95. The average molecular weight is 317 g/mol. The second-order valence-electron chi connectivity index (χ2n) is 6.52. The minimum absolute atomic E-state index is 0.0989. The highest BCUT2D eigenvalue weighted by molar-refractivity contribution is 5.98. The smallest absolute Gasteiger partial charge is 0.274 e. The van der Waals surface area contributed by atoms with Gasteiger partial charge in [0.2, 0.25) is 5.91 Å². The summed E-state index contributed by atoms with van der Waals surface area (Å²) in [5.74, 6) is -0.124. The average Bonchev–Trinajstić information content (AvgIpc) is 3.15. The van der Waals surface area contributed by atoms with Crippen LogP contribution in [0.1, 0.15) is 27.4 Å². The molecule has 0 radical (unpaired) electrons. The molecule has 4 rings (SSSR count). The summed E-state index contributed by atoms with van der Waals surface area (Å²) in [5, 5.41) is 7.00. The Balaban J connectivity index is 1.54. The Morgan fingerprint density at radius 1 is 1.30 bits per heavy atom. The Bertz CT molecular complexity index is 697. The normalized spacial score (nSPS) is 26.8. The second-order valence-corrected chi connectivity index (χ2v) is 6.52. The fraction of sp³-hybridized carbons (Fsp3) is 0.600. The van der Waals surface area contributed by atoms with Crippen molar-refractivity contribution in [2.45, 2.75) is 13.0 Å². The van der Waals surface area contributed by atoms with Crippen LogP contribution in [-0.2, 0) is 11.3 Å². The molecule has 122 valence electrons. The quantitative estimate of drug-likeness (QED) is 0.733. The van der Waals surface area contributed by atoms with Crippen molar-refractivity contribution >= 4 is 17.7 Å². The summed E-state index contributed by atoms with van der Waals surface area (Å²) in [4.78, 5) is 40.2. The highest BCUT2D eigenvalue weighted by atomic mass is 16.2. The molecule has 1 aromatic rings. The lowest BCUT2D eigenvalue weighted by atomic mass is 9.88. The highest BCUT2D eigenvalue weighted by Gasteiger charge is 2.43. The molecular weight excluding hydrogens is 298 g/mol. The number of carbonyl (C=O) groups is 3. The van der Waals surface area contributed by atoms with Crippen LogP contribution < -0.4 is 5.32 Å². The summed E-state index contributed by atoms with van der Waals surface area (Å²) >= 11 is 0. The summed E-state index contributed by atoms with van der Waals surface area (Å²) in [6, 6.07) is 1.55. The molecular formula is C15H19N5O3. The zero-order chi connectivity index (χ0) is 16.1. The molecule has 0 aromatic carbocycles. The van der Waals surface area contributed by atoms with Crippen LogP contribution in [0.15, 0.2) is 6.07 Å². The van der Waals surface area contributed by atoms with E-state index in [1.165, 1.54) is 0 Å². The van der Waals surface area contributed by atoms with Crippen molar-refractivity contribution in [1.82, 2.24) is 24.9 Å². The molecule has 1 aromatic heterocycles. The number of hydrogen-bond donors (Lipinski definition) is 1. The molecule has 0 saturated carbocycles. The minimum Gasteiger partial charge on any atom is -0.349 e. The van der Waals surface area contributed by atoms with Crippen molar-refractivity contribution in [3.8, 4) is 0 Å². The Hall–Kier alpha value is -2.38. The molecule has 0 aliphatic carbocycles. The van der Waals surface area contributed by atoms with Gasteiger partial charge in [-0.05, 0) is 12.3 Å². The molecule has 1 N–H and O–H groups in total. The second kappa shape index (κ2) is 5.07. The third kappa shape index (κ3) is 2.20. The van der Waals surface area contributed by atoms with Crippen LogP contribution in [-0.4, -0.2) is 70.5 Å². The molecule has 8 heteroatoms. The van der Waals surface area contributed by atoms with Gasteiger partial charge in [0.25, 0.3) is 11.8 Å². The van der Waals surface area contributed by atoms with Crippen molar-refractivity contribution in [1.29, 1.82) is 0 Å². The Morgan fingerprint density at radius 3 is 2.91 bits per heavy atom. The van der Waals surface area contributed by atoms with Crippen LogP contribution in [0.2, 0.25) is 0 Å². The Labute approximate surface area is 133 Å². The lowest BCUT2D eigenvalue weighted by Gasteiger charge is -2.30. The Morgan fingerprint density at radius 2 is 2.13 bits per heavy atom. The van der Waals surface area contributed by atoms with Gasteiger partial charge < -0.3 is 15.1 Å². The van der Waals surface area contributed by atoms with E-state index in [9.17, 15) is 14.4 Å². The predicted molar refractivity (Wildman–Crippen MR) is 79.7 cm³/mol. The van der Waals surface area contributed by atoms with Gasteiger partial charge in [0, 0.05) is 39.3 Å². The van der Waals surface area contributed by atoms with Gasteiger partial charge in [-0.3, -0.25) is 19.1 Å². The summed E-state index contributed by atoms with van der Waals surface area (Å²) in [7, 11) is 1.81. The number of aromatic nitrogens is 2. The van der Waals surface area contributed by atoms with Crippen LogP contribution >= 0.6 is 0 Å². The predicted octanol–water partition coefficient (Wildman–Crippen LogP) is -0.823. The SMILES string of the molecule is CN1CC[C@@H]2CN(C(=O)c3cc4n(n3)CCNC4=O)C[C@@H]2C1=O. The zero-order valence-electron chi connectivity index (χ0n) is 13.0. The lowest BCUT2D eigenvalue weighted by molar-refractivity contribution is -0.137. The fourth-order valence-corrected chi connectivity index (χ4v) is 3.76. The van der Waals surface area contributed by atoms with E-state index in [0.29, 0.717) is 31.9 Å². The van der Waals surface area contributed by atoms with Crippen molar-refractivity contribution in [3.63, 3.8) is 0 Å². The molecule has 3 aliphatic rings. The lowest BCUT2D eigenvalue weighted by Crippen LogP contribution is -2.42. The Kier molecular flexibility index (Phi) is 3.14. The maximum absolute atomic E-state index is 12.7. The van der Waals surface area contributed by atoms with Gasteiger partial charge >= 0.3 is 0 Å². The van der Waals surface area contributed by atoms with Crippen molar-refractivity contribution in [2.24, 2.45) is 11.8 Å². The van der Waals surface area contributed by atoms with E-state index in [-0.39, 0.29) is 35.3 Å². The van der Waals surface area contributed by atoms with Gasteiger partial charge in [-0.2, -0.15) is 5.10 Å². The van der Waals surface area contributed by atoms with Gasteiger partial charge in [0.1, 0.15) is 5.69 Å². The van der Waals surface area contributed by atoms with E-state index in [1.807, 2.05) is 7.05 Å². The topological polar surface area (TPSA) is 87.5 Å². The fourth-order valence-electron chi connectivity index (χ4n) is 3.76. The molecule has 3 amide bonds. The summed E-state index contributed by atoms with van der Waals surface area (Å²) in [5.41, 5.74) is 0.712. The first-order valence-electron chi connectivity index (χ1n) is 7.95. The van der Waals surface area contributed by atoms with Gasteiger partial charge in [0.05, 0.1) is 12.5 Å². The molecule has 4 heterocycles. The van der Waals surface area contributed by atoms with Crippen molar-refractivity contribution in [3.05, 3.63) is 17.5 Å². The van der Waals surface area contributed by atoms with Gasteiger partial charge in [-0.1, -0.05) is 0 Å². The van der Waals surface area contributed by atoms with E-state index < -0.39 is 0 Å². The van der Waals surface area contributed by atoms with Crippen LogP contribution in [0, 0.1) is 11.8 Å². The minimum atomic E-state index is -0.199. The third-order valence-corrected chi connectivity index (χ3v) is 5.10. The van der Waals surface area contributed by atoms with Crippen LogP contribution in [0.4, 0.5) is 0 Å². The largest absolute Gasteiger partial charge is 0.349 e. The number of likely N-dealkylation sites (tertiary alicyclic amines) is 2. The van der Waals surface area contributed by atoms with E-state index in [0.717, 1.165) is 13.0 Å². The number of nitrogens with zero attached hydrogens (tertiary/aromatic N) is 4. The summed E-state index contributed by atoms with van der Waals surface area (Å²) in [6.45, 7) is 2.89. The molecule has 0 spiro atoms. The molecule has 23 heavy (non-hydrogen) atoms. The third-order valence-electron chi connectivity index (χ3n) is 5.10. The van der Waals surface area contributed by atoms with Gasteiger partial charge in [-0.15, -0.1) is 0 Å². The molecule has 3 aliphatic heterocycles. The van der Waals surface area contributed by atoms with Crippen LogP contribution in [0.5, 0.6) is 0 Å². The molecule has 2 saturated heterocycles. The van der Waals surface area contributed by atoms with E-state index in [4.69, 9.17) is 0 Å². The monoisotopic (exact) mass is 317 g/mol. The summed E-state index contributed by atoms with van der Waals surface area (Å²) < 4.78 is 1.58. The van der Waals surface area contributed by atoms with Gasteiger partial charge in [0.15, 0.2) is 5.69 Å². The number of carbonyl (C=O) groups excluding carboxylic acids is 3. The maximum Gasteiger partial charge on any atom is 0.274 e. The number of amides is 3. The number of hydrogen-bond acceptors (Lipinski definition) is 4. The molecule has 8 nitrogen and oxygen atoms in total. The number of rotatable bonds is 1. The maximum atomic E-state index is 12.7. The standard InChI is InChI=1S/C15H19N5O3/c1-18-4-2-9-7-19(8-10(9)14(18)22)15(23)11-6-12-13(21)16-3-5-20(12)17-11/h6,9-10H,2-5,7-8H2,1H3,(H,16,21)/t9-,10+/m1/s1. The number of piperidine rings is 1.